The summed E-state index contributed by atoms with van der Waals surface area (Å²) < 4.78 is 13.0. The van der Waals surface area contributed by atoms with Gasteiger partial charge in [0, 0.05) is 12.6 Å². The molecule has 0 heterocycles. The zero-order valence-electron chi connectivity index (χ0n) is 11.7. The van der Waals surface area contributed by atoms with Crippen LogP contribution in [0.1, 0.15) is 31.2 Å². The number of hydrogen-bond acceptors (Lipinski definition) is 2. The Morgan fingerprint density at radius 1 is 1.38 bits per heavy atom. The van der Waals surface area contributed by atoms with Crippen molar-refractivity contribution in [1.29, 1.82) is 0 Å². The van der Waals surface area contributed by atoms with Gasteiger partial charge in [-0.3, -0.25) is 4.79 Å². The Kier molecular flexibility index (Phi) is 5.76. The van der Waals surface area contributed by atoms with Crippen LogP contribution >= 0.6 is 11.6 Å². The van der Waals surface area contributed by atoms with Gasteiger partial charge in [-0.1, -0.05) is 17.7 Å². The van der Waals surface area contributed by atoms with Crippen molar-refractivity contribution in [2.75, 3.05) is 6.54 Å². The number of rotatable bonds is 4. The Hall–Kier alpha value is -1.39. The maximum atomic E-state index is 13.0. The third-order valence-corrected chi connectivity index (χ3v) is 4.04. The Bertz CT molecular complexity index is 525. The van der Waals surface area contributed by atoms with Crippen LogP contribution in [0.5, 0.6) is 0 Å². The van der Waals surface area contributed by atoms with Gasteiger partial charge in [-0.15, -0.1) is 0 Å². The normalized spacial score (nSPS) is 22.4. The highest BCUT2D eigenvalue weighted by Crippen LogP contribution is 2.23. The fourth-order valence-corrected chi connectivity index (χ4v) is 2.63. The number of aliphatic hydroxyl groups is 1. The van der Waals surface area contributed by atoms with E-state index in [1.807, 2.05) is 0 Å². The van der Waals surface area contributed by atoms with Gasteiger partial charge in [0.15, 0.2) is 0 Å². The summed E-state index contributed by atoms with van der Waals surface area (Å²) in [6.45, 7) is 0.625. The summed E-state index contributed by atoms with van der Waals surface area (Å²) in [4.78, 5) is 11.7. The fourth-order valence-electron chi connectivity index (χ4n) is 2.44. The van der Waals surface area contributed by atoms with Crippen molar-refractivity contribution in [3.8, 4) is 0 Å². The van der Waals surface area contributed by atoms with Gasteiger partial charge in [-0.25, -0.2) is 4.39 Å². The van der Waals surface area contributed by atoms with Crippen LogP contribution < -0.4 is 5.32 Å². The van der Waals surface area contributed by atoms with Gasteiger partial charge in [-0.2, -0.15) is 0 Å². The molecule has 0 atom stereocenters. The van der Waals surface area contributed by atoms with E-state index in [0.29, 0.717) is 18.0 Å². The average Bonchev–Trinajstić information content (AvgIpc) is 2.48. The van der Waals surface area contributed by atoms with E-state index in [1.165, 1.54) is 18.2 Å². The fraction of sp³-hybridized carbons (Fsp3) is 0.438. The largest absolute Gasteiger partial charge is 0.393 e. The smallest absolute Gasteiger partial charge is 0.244 e. The maximum Gasteiger partial charge on any atom is 0.244 e. The molecule has 1 saturated carbocycles. The van der Waals surface area contributed by atoms with Crippen LogP contribution in [0.2, 0.25) is 5.02 Å². The lowest BCUT2D eigenvalue weighted by Crippen LogP contribution is -2.31. The zero-order chi connectivity index (χ0) is 15.2. The molecule has 0 aliphatic heterocycles. The van der Waals surface area contributed by atoms with Gasteiger partial charge in [0.2, 0.25) is 5.91 Å². The SMILES string of the molecule is O=C(/C=C/c1ccc(F)c(Cl)c1)NCC1CCC(O)CC1. The van der Waals surface area contributed by atoms with Gasteiger partial charge >= 0.3 is 0 Å². The molecule has 1 aromatic rings. The Morgan fingerprint density at radius 2 is 2.10 bits per heavy atom. The van der Waals surface area contributed by atoms with Gasteiger partial charge in [0.05, 0.1) is 11.1 Å². The first-order chi connectivity index (χ1) is 10.0. The first-order valence-corrected chi connectivity index (χ1v) is 7.51. The van der Waals surface area contributed by atoms with Gasteiger partial charge in [0.1, 0.15) is 5.82 Å². The molecule has 21 heavy (non-hydrogen) atoms. The van der Waals surface area contributed by atoms with E-state index < -0.39 is 5.82 Å². The molecule has 1 aliphatic carbocycles. The van der Waals surface area contributed by atoms with E-state index in [4.69, 9.17) is 11.6 Å². The molecule has 1 fully saturated rings. The minimum Gasteiger partial charge on any atom is -0.393 e. The summed E-state index contributed by atoms with van der Waals surface area (Å²) in [6, 6.07) is 4.31. The number of aliphatic hydroxyl groups excluding tert-OH is 1. The van der Waals surface area contributed by atoms with E-state index in [9.17, 15) is 14.3 Å². The van der Waals surface area contributed by atoms with Crippen LogP contribution in [0.25, 0.3) is 6.08 Å². The monoisotopic (exact) mass is 311 g/mol. The molecule has 3 nitrogen and oxygen atoms in total. The summed E-state index contributed by atoms with van der Waals surface area (Å²) >= 11 is 5.67. The quantitative estimate of drug-likeness (QED) is 0.839. The number of carbonyl (C=O) groups is 1. The van der Waals surface area contributed by atoms with Crippen LogP contribution in [-0.4, -0.2) is 23.7 Å². The van der Waals surface area contributed by atoms with Crippen LogP contribution in [0, 0.1) is 11.7 Å². The molecular formula is C16H19ClFNO2. The predicted molar refractivity (Wildman–Crippen MR) is 81.4 cm³/mol. The Balaban J connectivity index is 1.78. The molecule has 2 rings (SSSR count). The molecule has 0 radical (unpaired) electrons. The summed E-state index contributed by atoms with van der Waals surface area (Å²) in [5.41, 5.74) is 0.678. The van der Waals surface area contributed by atoms with Gasteiger partial charge < -0.3 is 10.4 Å². The lowest BCUT2D eigenvalue weighted by molar-refractivity contribution is -0.116. The molecule has 1 amide bonds. The average molecular weight is 312 g/mol. The van der Waals surface area contributed by atoms with E-state index >= 15 is 0 Å². The highest BCUT2D eigenvalue weighted by molar-refractivity contribution is 6.30. The van der Waals surface area contributed by atoms with Crippen LogP contribution in [0.4, 0.5) is 4.39 Å². The van der Waals surface area contributed by atoms with Crippen LogP contribution in [0.15, 0.2) is 24.3 Å². The molecule has 0 spiro atoms. The highest BCUT2D eigenvalue weighted by Gasteiger charge is 2.19. The number of nitrogens with one attached hydrogen (secondary N) is 1. The van der Waals surface area contributed by atoms with E-state index in [2.05, 4.69) is 5.32 Å². The second kappa shape index (κ2) is 7.57. The zero-order valence-corrected chi connectivity index (χ0v) is 12.4. The third-order valence-electron chi connectivity index (χ3n) is 3.75. The van der Waals surface area contributed by atoms with Crippen molar-refractivity contribution in [1.82, 2.24) is 5.32 Å². The molecule has 114 valence electrons. The Labute approximate surface area is 128 Å². The van der Waals surface area contributed by atoms with Gasteiger partial charge in [-0.05, 0) is 55.4 Å². The maximum absolute atomic E-state index is 13.0. The Morgan fingerprint density at radius 3 is 2.76 bits per heavy atom. The number of halogens is 2. The molecule has 1 aromatic carbocycles. The molecule has 0 aromatic heterocycles. The third kappa shape index (κ3) is 5.14. The van der Waals surface area contributed by atoms with Crippen LogP contribution in [0.3, 0.4) is 0 Å². The number of hydrogen-bond donors (Lipinski definition) is 2. The first kappa shape index (κ1) is 16.0. The van der Waals surface area contributed by atoms with Gasteiger partial charge in [0.25, 0.3) is 0 Å². The highest BCUT2D eigenvalue weighted by atomic mass is 35.5. The van der Waals surface area contributed by atoms with Crippen molar-refractivity contribution in [3.63, 3.8) is 0 Å². The lowest BCUT2D eigenvalue weighted by Gasteiger charge is -2.25. The van der Waals surface area contributed by atoms with Crippen molar-refractivity contribution >= 4 is 23.6 Å². The van der Waals surface area contributed by atoms with Crippen molar-refractivity contribution in [2.24, 2.45) is 5.92 Å². The molecule has 5 heteroatoms. The second-order valence-electron chi connectivity index (χ2n) is 5.43. The second-order valence-corrected chi connectivity index (χ2v) is 5.83. The summed E-state index contributed by atoms with van der Waals surface area (Å²) in [7, 11) is 0. The number of benzene rings is 1. The van der Waals surface area contributed by atoms with Crippen molar-refractivity contribution in [2.45, 2.75) is 31.8 Å². The van der Waals surface area contributed by atoms with E-state index in [1.54, 1.807) is 12.1 Å². The predicted octanol–water partition coefficient (Wildman–Crippen LogP) is 3.16. The topological polar surface area (TPSA) is 49.3 Å². The molecular weight excluding hydrogens is 293 g/mol. The first-order valence-electron chi connectivity index (χ1n) is 7.13. The molecule has 0 unspecified atom stereocenters. The van der Waals surface area contributed by atoms with E-state index in [0.717, 1.165) is 25.7 Å². The summed E-state index contributed by atoms with van der Waals surface area (Å²) in [5.74, 6) is -0.217. The minimum absolute atomic E-state index is 0.0401. The summed E-state index contributed by atoms with van der Waals surface area (Å²) in [5, 5.41) is 12.3. The number of amides is 1. The van der Waals surface area contributed by atoms with E-state index in [-0.39, 0.29) is 17.0 Å². The minimum atomic E-state index is -0.474. The summed E-state index contributed by atoms with van der Waals surface area (Å²) in [6.07, 6.45) is 6.35. The molecule has 0 bridgehead atoms. The standard InChI is InChI=1S/C16H19ClFNO2/c17-14-9-11(3-7-15(14)18)4-8-16(21)19-10-12-1-5-13(20)6-2-12/h3-4,7-9,12-13,20H,1-2,5-6,10H2,(H,19,21)/b8-4+. The molecule has 1 aliphatic rings. The number of carbonyl (C=O) groups excluding carboxylic acids is 1. The van der Waals surface area contributed by atoms with Crippen molar-refractivity contribution < 1.29 is 14.3 Å². The van der Waals surface area contributed by atoms with Crippen molar-refractivity contribution in [3.05, 3.63) is 40.7 Å². The molecule has 0 saturated heterocycles. The molecule has 2 N–H and O–H groups in total. The lowest BCUT2D eigenvalue weighted by atomic mass is 9.87. The van der Waals surface area contributed by atoms with Crippen LogP contribution in [-0.2, 0) is 4.79 Å².